The molecule has 1 amide bonds. The maximum absolute atomic E-state index is 12.7. The highest BCUT2D eigenvalue weighted by atomic mass is 127. The molecule has 1 aromatic carbocycles. The maximum atomic E-state index is 12.7. The monoisotopic (exact) mass is 424 g/mol. The molecule has 0 saturated heterocycles. The van der Waals surface area contributed by atoms with Crippen molar-refractivity contribution in [3.8, 4) is 0 Å². The normalized spacial score (nSPS) is 35.8. The van der Waals surface area contributed by atoms with E-state index in [1.54, 1.807) is 0 Å². The number of amides is 1. The van der Waals surface area contributed by atoms with Gasteiger partial charge in [0.25, 0.3) is 0 Å². The van der Waals surface area contributed by atoms with Gasteiger partial charge in [0.2, 0.25) is 5.91 Å². The Hall–Kier alpha value is -0.780. The Balaban J connectivity index is 1.41. The highest BCUT2D eigenvalue weighted by molar-refractivity contribution is 14.1. The summed E-state index contributed by atoms with van der Waals surface area (Å²) in [7, 11) is 0. The predicted molar refractivity (Wildman–Crippen MR) is 101 cm³/mol. The van der Waals surface area contributed by atoms with E-state index in [4.69, 9.17) is 0 Å². The summed E-state index contributed by atoms with van der Waals surface area (Å²) >= 11 is 2.30. The third kappa shape index (κ3) is 3.24. The Morgan fingerprint density at radius 3 is 2.35 bits per heavy atom. The first kappa shape index (κ1) is 15.7. The quantitative estimate of drug-likeness (QED) is 0.713. The Morgan fingerprint density at radius 2 is 1.78 bits per heavy atom. The fourth-order valence-electron chi connectivity index (χ4n) is 5.53. The van der Waals surface area contributed by atoms with Gasteiger partial charge in [-0.3, -0.25) is 4.79 Å². The van der Waals surface area contributed by atoms with Crippen LogP contribution in [0.5, 0.6) is 0 Å². The summed E-state index contributed by atoms with van der Waals surface area (Å²) in [6.07, 6.45) is 7.85. The van der Waals surface area contributed by atoms with Crippen molar-refractivity contribution in [2.24, 2.45) is 17.8 Å². The molecule has 3 nitrogen and oxygen atoms in total. The van der Waals surface area contributed by atoms with Gasteiger partial charge in [-0.2, -0.15) is 0 Å². The van der Waals surface area contributed by atoms with Crippen LogP contribution in [0.4, 0.5) is 5.69 Å². The van der Waals surface area contributed by atoms with Crippen LogP contribution in [0.2, 0.25) is 0 Å². The van der Waals surface area contributed by atoms with Gasteiger partial charge in [-0.15, -0.1) is 0 Å². The van der Waals surface area contributed by atoms with E-state index in [9.17, 15) is 4.79 Å². The van der Waals surface area contributed by atoms with Gasteiger partial charge in [0.1, 0.15) is 6.04 Å². The second kappa shape index (κ2) is 5.94. The van der Waals surface area contributed by atoms with Crippen molar-refractivity contribution in [1.82, 2.24) is 5.32 Å². The summed E-state index contributed by atoms with van der Waals surface area (Å²) in [5.74, 6) is 2.74. The molecule has 0 spiro atoms. The summed E-state index contributed by atoms with van der Waals surface area (Å²) in [5, 5.41) is 6.80. The summed E-state index contributed by atoms with van der Waals surface area (Å²) in [4.78, 5) is 12.7. The first-order valence-corrected chi connectivity index (χ1v) is 9.93. The average Bonchev–Trinajstić information content (AvgIpc) is 2.45. The minimum absolute atomic E-state index is 0.104. The van der Waals surface area contributed by atoms with Gasteiger partial charge >= 0.3 is 0 Å². The van der Waals surface area contributed by atoms with Crippen LogP contribution in [-0.2, 0) is 4.79 Å². The van der Waals surface area contributed by atoms with Crippen molar-refractivity contribution in [2.75, 3.05) is 5.32 Å². The van der Waals surface area contributed by atoms with E-state index >= 15 is 0 Å². The number of hydrogen-bond acceptors (Lipinski definition) is 2. The van der Waals surface area contributed by atoms with Crippen molar-refractivity contribution < 1.29 is 4.79 Å². The molecule has 2 N–H and O–H groups in total. The lowest BCUT2D eigenvalue weighted by atomic mass is 9.53. The standard InChI is InChI=1S/C19H25IN2O/c1-12(21-17-4-2-3-16(20)8-17)18(23)22-19-9-13-5-14(10-19)7-15(6-13)11-19/h2-4,8,12-15,21H,5-7,9-11H2,1H3,(H,22,23)/t12-,13?,14?,15?,19?/m1/s1. The number of carbonyl (C=O) groups is 1. The summed E-state index contributed by atoms with van der Waals surface area (Å²) in [6.45, 7) is 1.97. The van der Waals surface area contributed by atoms with Gasteiger partial charge in [-0.1, -0.05) is 6.07 Å². The van der Waals surface area contributed by atoms with Gasteiger partial charge in [0.15, 0.2) is 0 Å². The lowest BCUT2D eigenvalue weighted by molar-refractivity contribution is -0.127. The molecule has 4 heteroatoms. The molecule has 4 aliphatic carbocycles. The number of rotatable bonds is 4. The maximum Gasteiger partial charge on any atom is 0.242 e. The zero-order valence-electron chi connectivity index (χ0n) is 13.6. The molecule has 5 rings (SSSR count). The fourth-order valence-corrected chi connectivity index (χ4v) is 6.07. The van der Waals surface area contributed by atoms with Crippen LogP contribution < -0.4 is 10.6 Å². The Morgan fingerprint density at radius 1 is 1.17 bits per heavy atom. The van der Waals surface area contributed by atoms with E-state index in [-0.39, 0.29) is 17.5 Å². The Bertz CT molecular complexity index is 580. The van der Waals surface area contributed by atoms with Crippen LogP contribution >= 0.6 is 22.6 Å². The third-order valence-electron chi connectivity index (χ3n) is 6.03. The lowest BCUT2D eigenvalue weighted by Gasteiger charge is -2.57. The number of hydrogen-bond donors (Lipinski definition) is 2. The highest BCUT2D eigenvalue weighted by Gasteiger charge is 2.51. The molecule has 4 fully saturated rings. The largest absolute Gasteiger partial charge is 0.374 e. The molecule has 0 heterocycles. The Labute approximate surface area is 152 Å². The highest BCUT2D eigenvalue weighted by Crippen LogP contribution is 2.55. The zero-order valence-corrected chi connectivity index (χ0v) is 15.8. The van der Waals surface area contributed by atoms with Crippen LogP contribution in [0.15, 0.2) is 24.3 Å². The molecule has 124 valence electrons. The number of halogens is 1. The van der Waals surface area contributed by atoms with Crippen LogP contribution in [0.1, 0.15) is 45.4 Å². The van der Waals surface area contributed by atoms with E-state index in [0.29, 0.717) is 0 Å². The van der Waals surface area contributed by atoms with Gasteiger partial charge in [-0.25, -0.2) is 0 Å². The van der Waals surface area contributed by atoms with Crippen LogP contribution in [0.25, 0.3) is 0 Å². The third-order valence-corrected chi connectivity index (χ3v) is 6.70. The lowest BCUT2D eigenvalue weighted by Crippen LogP contribution is -2.61. The number of benzene rings is 1. The van der Waals surface area contributed by atoms with Gasteiger partial charge < -0.3 is 10.6 Å². The first-order valence-electron chi connectivity index (χ1n) is 8.85. The molecule has 0 unspecified atom stereocenters. The molecule has 1 atom stereocenters. The summed E-state index contributed by atoms with van der Waals surface area (Å²) in [5.41, 5.74) is 1.12. The zero-order chi connectivity index (χ0) is 16.0. The summed E-state index contributed by atoms with van der Waals surface area (Å²) < 4.78 is 1.18. The average molecular weight is 424 g/mol. The van der Waals surface area contributed by atoms with Crippen molar-refractivity contribution in [3.05, 3.63) is 27.8 Å². The molecule has 4 saturated carbocycles. The van der Waals surface area contributed by atoms with E-state index in [0.717, 1.165) is 23.4 Å². The molecule has 4 bridgehead atoms. The minimum Gasteiger partial charge on any atom is -0.374 e. The van der Waals surface area contributed by atoms with E-state index in [1.807, 2.05) is 19.1 Å². The molecule has 4 aliphatic rings. The first-order chi connectivity index (χ1) is 11.0. The fraction of sp³-hybridized carbons (Fsp3) is 0.632. The molecule has 0 radical (unpaired) electrons. The van der Waals surface area contributed by atoms with E-state index in [2.05, 4.69) is 45.4 Å². The van der Waals surface area contributed by atoms with Gasteiger partial charge in [0.05, 0.1) is 0 Å². The molecule has 0 aromatic heterocycles. The molecule has 23 heavy (non-hydrogen) atoms. The SMILES string of the molecule is C[C@@H](Nc1cccc(I)c1)C(=O)NC12CC3CC(CC(C3)C1)C2. The van der Waals surface area contributed by atoms with Gasteiger partial charge in [0, 0.05) is 14.8 Å². The number of anilines is 1. The van der Waals surface area contributed by atoms with Crippen molar-refractivity contribution >= 4 is 34.2 Å². The van der Waals surface area contributed by atoms with Crippen molar-refractivity contribution in [3.63, 3.8) is 0 Å². The topological polar surface area (TPSA) is 41.1 Å². The smallest absolute Gasteiger partial charge is 0.242 e. The van der Waals surface area contributed by atoms with Crippen molar-refractivity contribution in [1.29, 1.82) is 0 Å². The van der Waals surface area contributed by atoms with Gasteiger partial charge in [-0.05, 0) is 104 Å². The van der Waals surface area contributed by atoms with Crippen LogP contribution in [0, 0.1) is 21.3 Å². The predicted octanol–water partition coefficient (Wildman–Crippen LogP) is 4.18. The second-order valence-corrected chi connectivity index (χ2v) is 9.31. The molecule has 0 aliphatic heterocycles. The second-order valence-electron chi connectivity index (χ2n) is 8.06. The Kier molecular flexibility index (Phi) is 4.06. The summed E-state index contributed by atoms with van der Waals surface area (Å²) in [6, 6.07) is 7.99. The van der Waals surface area contributed by atoms with E-state index < -0.39 is 0 Å². The van der Waals surface area contributed by atoms with Crippen molar-refractivity contribution in [2.45, 2.75) is 57.0 Å². The van der Waals surface area contributed by atoms with Crippen LogP contribution in [-0.4, -0.2) is 17.5 Å². The molecule has 1 aromatic rings. The minimum atomic E-state index is -0.193. The molecular weight excluding hydrogens is 399 g/mol. The number of carbonyl (C=O) groups excluding carboxylic acids is 1. The number of nitrogens with one attached hydrogen (secondary N) is 2. The van der Waals surface area contributed by atoms with E-state index in [1.165, 1.54) is 42.1 Å². The molecular formula is C19H25IN2O. The van der Waals surface area contributed by atoms with Crippen LogP contribution in [0.3, 0.4) is 0 Å².